The van der Waals surface area contributed by atoms with Crippen molar-refractivity contribution >= 4 is 11.7 Å². The molecule has 0 radical (unpaired) electrons. The van der Waals surface area contributed by atoms with E-state index in [9.17, 15) is 14.7 Å². The van der Waals surface area contributed by atoms with Crippen LogP contribution >= 0.6 is 0 Å². The number of amides is 1. The van der Waals surface area contributed by atoms with Crippen LogP contribution in [0.4, 0.5) is 5.82 Å². The van der Waals surface area contributed by atoms with E-state index in [0.29, 0.717) is 11.5 Å². The van der Waals surface area contributed by atoms with E-state index in [4.69, 9.17) is 14.2 Å². The van der Waals surface area contributed by atoms with Gasteiger partial charge in [0.2, 0.25) is 5.91 Å². The fraction of sp³-hybridized carbons (Fsp3) is 0.281. The smallest absolute Gasteiger partial charge is 0.349 e. The highest BCUT2D eigenvalue weighted by Crippen LogP contribution is 2.42. The second-order valence-electron chi connectivity index (χ2n) is 9.80. The van der Waals surface area contributed by atoms with Gasteiger partial charge in [-0.3, -0.25) is 9.36 Å². The number of nitrogens with one attached hydrogen (secondary N) is 1. The highest BCUT2D eigenvalue weighted by Gasteiger charge is 2.38. The summed E-state index contributed by atoms with van der Waals surface area (Å²) in [5, 5.41) is 13.0. The number of carbonyl (C=O) groups is 1. The lowest BCUT2D eigenvalue weighted by Crippen LogP contribution is -2.38. The molecule has 1 amide bonds. The number of hydrogen-bond donors (Lipinski definition) is 2. The van der Waals surface area contributed by atoms with E-state index in [1.807, 2.05) is 78.9 Å². The maximum absolute atomic E-state index is 13.0. The van der Waals surface area contributed by atoms with Gasteiger partial charge in [0.15, 0.2) is 0 Å². The number of benzene rings is 3. The molecule has 0 saturated heterocycles. The maximum atomic E-state index is 13.0. The number of aliphatic hydroxyl groups is 1. The minimum atomic E-state index is -1.12. The number of methoxy groups -OCH3 is 2. The lowest BCUT2D eigenvalue weighted by atomic mass is 9.80. The summed E-state index contributed by atoms with van der Waals surface area (Å²) in [5.41, 5.74) is 0.764. The molecule has 4 aromatic rings. The van der Waals surface area contributed by atoms with Crippen LogP contribution in [0.3, 0.4) is 0 Å². The molecule has 3 aromatic carbocycles. The standard InChI is InChI=1S/C32H35N3O6/c1-22(2)30(37)33-29-18-19-35(31(38)34-29)26(20-36)21-41-32(23-8-6-5-7-9-23,24-10-14-27(39-3)15-11-24)25-12-16-28(40-4)17-13-25/h5-19,22,26,36H,20-21H2,1-4H3,(H,33,34,37,38)/t26-/m0/s1. The van der Waals surface area contributed by atoms with Crippen LogP contribution in [0.1, 0.15) is 36.6 Å². The van der Waals surface area contributed by atoms with Crippen LogP contribution < -0.4 is 20.5 Å². The predicted octanol–water partition coefficient (Wildman–Crippen LogP) is 4.40. The summed E-state index contributed by atoms with van der Waals surface area (Å²) in [5.74, 6) is 1.03. The SMILES string of the molecule is COc1ccc(C(OC[C@H](CO)n2ccc(NC(=O)C(C)C)nc2=O)(c2ccccc2)c2ccc(OC)cc2)cc1. The Balaban J connectivity index is 1.77. The van der Waals surface area contributed by atoms with E-state index in [-0.39, 0.29) is 30.9 Å². The summed E-state index contributed by atoms with van der Waals surface area (Å²) in [7, 11) is 3.22. The molecule has 41 heavy (non-hydrogen) atoms. The first-order valence-corrected chi connectivity index (χ1v) is 13.3. The molecule has 0 aliphatic heterocycles. The zero-order valence-corrected chi connectivity index (χ0v) is 23.6. The number of rotatable bonds is 12. The van der Waals surface area contributed by atoms with Gasteiger partial charge in [0.1, 0.15) is 22.9 Å². The van der Waals surface area contributed by atoms with Gasteiger partial charge >= 0.3 is 5.69 Å². The molecule has 4 rings (SSSR count). The van der Waals surface area contributed by atoms with Gasteiger partial charge in [-0.15, -0.1) is 0 Å². The zero-order chi connectivity index (χ0) is 29.4. The van der Waals surface area contributed by atoms with E-state index in [1.165, 1.54) is 16.8 Å². The van der Waals surface area contributed by atoms with Gasteiger partial charge in [-0.2, -0.15) is 4.98 Å². The number of ether oxygens (including phenoxy) is 3. The lowest BCUT2D eigenvalue weighted by Gasteiger charge is -2.37. The monoisotopic (exact) mass is 557 g/mol. The van der Waals surface area contributed by atoms with Crippen molar-refractivity contribution in [1.82, 2.24) is 9.55 Å². The van der Waals surface area contributed by atoms with Crippen LogP contribution in [0, 0.1) is 5.92 Å². The third-order valence-corrected chi connectivity index (χ3v) is 6.88. The summed E-state index contributed by atoms with van der Waals surface area (Å²) >= 11 is 0. The molecule has 0 aliphatic rings. The number of anilines is 1. The van der Waals surface area contributed by atoms with Gasteiger partial charge < -0.3 is 24.6 Å². The molecule has 214 valence electrons. The van der Waals surface area contributed by atoms with Crippen molar-refractivity contribution in [1.29, 1.82) is 0 Å². The molecular formula is C32H35N3O6. The second-order valence-corrected chi connectivity index (χ2v) is 9.80. The molecule has 9 nitrogen and oxygen atoms in total. The Kier molecular flexibility index (Phi) is 9.54. The Morgan fingerprint density at radius 1 is 0.878 bits per heavy atom. The first kappa shape index (κ1) is 29.5. The summed E-state index contributed by atoms with van der Waals surface area (Å²) in [6.07, 6.45) is 1.50. The lowest BCUT2D eigenvalue weighted by molar-refractivity contribution is -0.118. The molecule has 0 fully saturated rings. The zero-order valence-electron chi connectivity index (χ0n) is 23.6. The fourth-order valence-corrected chi connectivity index (χ4v) is 4.55. The van der Waals surface area contributed by atoms with Gasteiger partial charge in [-0.1, -0.05) is 68.4 Å². The molecule has 1 heterocycles. The fourth-order valence-electron chi connectivity index (χ4n) is 4.55. The summed E-state index contributed by atoms with van der Waals surface area (Å²) in [6.45, 7) is 3.08. The van der Waals surface area contributed by atoms with Gasteiger partial charge in [0.05, 0.1) is 33.5 Å². The number of hydrogen-bond acceptors (Lipinski definition) is 7. The van der Waals surface area contributed by atoms with Crippen LogP contribution in [0.5, 0.6) is 11.5 Å². The Labute approximate surface area is 239 Å². The molecule has 0 spiro atoms. The minimum absolute atomic E-state index is 0.0389. The molecule has 2 N–H and O–H groups in total. The third kappa shape index (κ3) is 6.48. The Morgan fingerprint density at radius 3 is 1.88 bits per heavy atom. The Morgan fingerprint density at radius 2 is 1.41 bits per heavy atom. The molecule has 1 aromatic heterocycles. The summed E-state index contributed by atoms with van der Waals surface area (Å²) < 4.78 is 18.9. The van der Waals surface area contributed by atoms with Crippen molar-refractivity contribution in [2.75, 3.05) is 32.8 Å². The van der Waals surface area contributed by atoms with E-state index in [1.54, 1.807) is 28.1 Å². The van der Waals surface area contributed by atoms with Crippen molar-refractivity contribution < 1.29 is 24.1 Å². The highest BCUT2D eigenvalue weighted by atomic mass is 16.5. The third-order valence-electron chi connectivity index (χ3n) is 6.88. The van der Waals surface area contributed by atoms with Crippen LogP contribution in [0.25, 0.3) is 0 Å². The largest absolute Gasteiger partial charge is 0.497 e. The van der Waals surface area contributed by atoms with E-state index in [0.717, 1.165) is 16.7 Å². The highest BCUT2D eigenvalue weighted by molar-refractivity contribution is 5.91. The van der Waals surface area contributed by atoms with Crippen molar-refractivity contribution in [3.05, 3.63) is 118 Å². The van der Waals surface area contributed by atoms with Crippen molar-refractivity contribution in [3.63, 3.8) is 0 Å². The quantitative estimate of drug-likeness (QED) is 0.248. The van der Waals surface area contributed by atoms with Crippen LogP contribution in [-0.2, 0) is 15.1 Å². The maximum Gasteiger partial charge on any atom is 0.349 e. The number of aromatic nitrogens is 2. The molecular weight excluding hydrogens is 522 g/mol. The van der Waals surface area contributed by atoms with E-state index >= 15 is 0 Å². The van der Waals surface area contributed by atoms with Crippen LogP contribution in [0.2, 0.25) is 0 Å². The van der Waals surface area contributed by atoms with E-state index < -0.39 is 17.3 Å². The molecule has 0 saturated carbocycles. The van der Waals surface area contributed by atoms with E-state index in [2.05, 4.69) is 10.3 Å². The first-order chi connectivity index (χ1) is 19.8. The summed E-state index contributed by atoms with van der Waals surface area (Å²) in [4.78, 5) is 29.0. The number of carbonyl (C=O) groups excluding carboxylic acids is 1. The van der Waals surface area contributed by atoms with Gasteiger partial charge in [0.25, 0.3) is 0 Å². The first-order valence-electron chi connectivity index (χ1n) is 13.3. The number of nitrogens with zero attached hydrogens (tertiary/aromatic N) is 2. The minimum Gasteiger partial charge on any atom is -0.497 e. The molecule has 0 unspecified atom stereocenters. The Bertz CT molecular complexity index is 1440. The van der Waals surface area contributed by atoms with Gasteiger partial charge in [-0.25, -0.2) is 4.79 Å². The second kappa shape index (κ2) is 13.3. The van der Waals surface area contributed by atoms with Crippen LogP contribution in [-0.4, -0.2) is 48.0 Å². The predicted molar refractivity (Wildman–Crippen MR) is 156 cm³/mol. The average molecular weight is 558 g/mol. The summed E-state index contributed by atoms with van der Waals surface area (Å²) in [6, 6.07) is 25.7. The average Bonchev–Trinajstić information content (AvgIpc) is 3.01. The van der Waals surface area contributed by atoms with Crippen molar-refractivity contribution in [2.45, 2.75) is 25.5 Å². The van der Waals surface area contributed by atoms with Gasteiger partial charge in [-0.05, 0) is 47.0 Å². The number of aliphatic hydroxyl groups excluding tert-OH is 1. The Hall–Kier alpha value is -4.47. The topological polar surface area (TPSA) is 112 Å². The molecule has 1 atom stereocenters. The normalized spacial score (nSPS) is 12.1. The molecule has 0 aliphatic carbocycles. The molecule has 9 heteroatoms. The van der Waals surface area contributed by atoms with Crippen molar-refractivity contribution in [2.24, 2.45) is 5.92 Å². The molecule has 0 bridgehead atoms. The van der Waals surface area contributed by atoms with Crippen molar-refractivity contribution in [3.8, 4) is 11.5 Å². The van der Waals surface area contributed by atoms with Crippen LogP contribution in [0.15, 0.2) is 95.9 Å². The van der Waals surface area contributed by atoms with Gasteiger partial charge in [0, 0.05) is 12.1 Å².